The Bertz CT molecular complexity index is 1550. The van der Waals surface area contributed by atoms with Gasteiger partial charge in [0.25, 0.3) is 0 Å². The molecule has 3 aromatic rings. The number of alkyl halides is 3. The molecule has 1 aromatic heterocycles. The number of nitrogens with one attached hydrogen (secondary N) is 2. The Morgan fingerprint density at radius 1 is 1.15 bits per heavy atom. The summed E-state index contributed by atoms with van der Waals surface area (Å²) in [5.41, 5.74) is -0.164. The second-order valence-corrected chi connectivity index (χ2v) is 12.1. The van der Waals surface area contributed by atoms with Crippen LogP contribution in [0.25, 0.3) is 11.4 Å². The van der Waals surface area contributed by atoms with E-state index in [0.717, 1.165) is 18.2 Å². The number of sulfone groups is 1. The van der Waals surface area contributed by atoms with Crippen LogP contribution < -0.4 is 15.5 Å². The first-order chi connectivity index (χ1) is 19.5. The maximum Gasteiger partial charge on any atom is 0.417 e. The molecule has 2 aromatic carbocycles. The molecule has 0 radical (unpaired) electrons. The van der Waals surface area contributed by atoms with Crippen molar-refractivity contribution in [3.8, 4) is 11.4 Å². The van der Waals surface area contributed by atoms with Gasteiger partial charge in [-0.1, -0.05) is 12.1 Å². The SMILES string of the molecule is C[C@H]1COCCN1c1cc(C2(S(=O)(=O)c3ccccc3C(F)(F)F)CC2)nc(-c2ccc(NC(=O)NCO)cc2)n1. The predicted molar refractivity (Wildman–Crippen MR) is 144 cm³/mol. The second-order valence-electron chi connectivity index (χ2n) is 9.91. The Kier molecular flexibility index (Phi) is 7.66. The average molecular weight is 592 g/mol. The van der Waals surface area contributed by atoms with Crippen LogP contribution in [0.1, 0.15) is 31.0 Å². The van der Waals surface area contributed by atoms with E-state index in [4.69, 9.17) is 14.8 Å². The van der Waals surface area contributed by atoms with Crippen LogP contribution in [-0.2, 0) is 25.5 Å². The number of carbonyl (C=O) groups excluding carboxylic acids is 1. The molecule has 0 spiro atoms. The topological polar surface area (TPSA) is 134 Å². The molecule has 1 saturated heterocycles. The van der Waals surface area contributed by atoms with Crippen LogP contribution in [0.4, 0.5) is 29.5 Å². The number of anilines is 2. The number of halogens is 3. The first-order valence-corrected chi connectivity index (χ1v) is 14.4. The highest BCUT2D eigenvalue weighted by Crippen LogP contribution is 2.56. The third-order valence-electron chi connectivity index (χ3n) is 7.18. The summed E-state index contributed by atoms with van der Waals surface area (Å²) >= 11 is 0. The summed E-state index contributed by atoms with van der Waals surface area (Å²) in [6.45, 7) is 2.73. The maximum atomic E-state index is 13.9. The highest BCUT2D eigenvalue weighted by Gasteiger charge is 2.59. The van der Waals surface area contributed by atoms with Gasteiger partial charge in [-0.15, -0.1) is 0 Å². The van der Waals surface area contributed by atoms with Crippen molar-refractivity contribution in [2.45, 2.75) is 41.6 Å². The van der Waals surface area contributed by atoms with E-state index in [1.165, 1.54) is 6.07 Å². The van der Waals surface area contributed by atoms with Crippen molar-refractivity contribution in [2.24, 2.45) is 0 Å². The minimum absolute atomic E-state index is 0.0892. The molecule has 1 aliphatic carbocycles. The van der Waals surface area contributed by atoms with Crippen LogP contribution >= 0.6 is 0 Å². The normalized spacial score (nSPS) is 18.6. The van der Waals surface area contributed by atoms with E-state index in [0.29, 0.717) is 36.8 Å². The Balaban J connectivity index is 1.60. The lowest BCUT2D eigenvalue weighted by atomic mass is 10.1. The molecule has 218 valence electrons. The first kappa shape index (κ1) is 28.8. The van der Waals surface area contributed by atoms with E-state index in [1.54, 1.807) is 30.3 Å². The number of ether oxygens (including phenoxy) is 1. The maximum absolute atomic E-state index is 13.9. The molecule has 0 unspecified atom stereocenters. The van der Waals surface area contributed by atoms with Crippen LogP contribution in [-0.4, -0.2) is 62.1 Å². The van der Waals surface area contributed by atoms with Crippen LogP contribution in [0.15, 0.2) is 59.5 Å². The smallest absolute Gasteiger partial charge is 0.377 e. The van der Waals surface area contributed by atoms with Crippen molar-refractivity contribution < 1.29 is 36.2 Å². The van der Waals surface area contributed by atoms with Gasteiger partial charge in [-0.3, -0.25) is 0 Å². The zero-order valence-electron chi connectivity index (χ0n) is 22.0. The van der Waals surface area contributed by atoms with E-state index in [1.807, 2.05) is 11.8 Å². The van der Waals surface area contributed by atoms with Crippen molar-refractivity contribution in [3.05, 3.63) is 65.9 Å². The second kappa shape index (κ2) is 10.9. The van der Waals surface area contributed by atoms with Gasteiger partial charge in [0.2, 0.25) is 0 Å². The fraction of sp³-hybridized carbons (Fsp3) is 0.370. The number of aromatic nitrogens is 2. The van der Waals surface area contributed by atoms with Crippen molar-refractivity contribution >= 4 is 27.4 Å². The van der Waals surface area contributed by atoms with E-state index < -0.39 is 44.0 Å². The minimum atomic E-state index is -4.85. The standard InChI is InChI=1S/C27H28F3N5O5S/c1-17-15-40-13-12-35(17)23-14-22(33-24(34-23)18-6-8-19(9-7-18)32-25(37)31-16-36)26(10-11-26)41(38,39)21-5-3-2-4-20(21)27(28,29)30/h2-9,14,17,36H,10-13,15-16H2,1H3,(H2,31,32,37)/t17-/m0/s1. The fourth-order valence-corrected chi connectivity index (χ4v) is 7.05. The lowest BCUT2D eigenvalue weighted by molar-refractivity contribution is -0.139. The summed E-state index contributed by atoms with van der Waals surface area (Å²) in [4.78, 5) is 22.2. The molecule has 3 N–H and O–H groups in total. The zero-order chi connectivity index (χ0) is 29.4. The first-order valence-electron chi connectivity index (χ1n) is 12.9. The molecule has 1 atom stereocenters. The van der Waals surface area contributed by atoms with Crippen LogP contribution in [0.5, 0.6) is 0 Å². The van der Waals surface area contributed by atoms with Gasteiger partial charge >= 0.3 is 12.2 Å². The Morgan fingerprint density at radius 2 is 1.85 bits per heavy atom. The van der Waals surface area contributed by atoms with Crippen LogP contribution in [0.3, 0.4) is 0 Å². The number of aliphatic hydroxyl groups excluding tert-OH is 1. The number of urea groups is 1. The highest BCUT2D eigenvalue weighted by atomic mass is 32.2. The van der Waals surface area contributed by atoms with Gasteiger partial charge in [-0.05, 0) is 56.2 Å². The summed E-state index contributed by atoms with van der Waals surface area (Å²) in [5.74, 6) is 0.629. The van der Waals surface area contributed by atoms with Crippen molar-refractivity contribution in [3.63, 3.8) is 0 Å². The number of hydrogen-bond acceptors (Lipinski definition) is 8. The van der Waals surface area contributed by atoms with Gasteiger partial charge in [0, 0.05) is 23.9 Å². The quantitative estimate of drug-likeness (QED) is 0.352. The van der Waals surface area contributed by atoms with Crippen LogP contribution in [0, 0.1) is 0 Å². The van der Waals surface area contributed by atoms with Gasteiger partial charge in [-0.2, -0.15) is 13.2 Å². The average Bonchev–Trinajstić information content (AvgIpc) is 3.76. The zero-order valence-corrected chi connectivity index (χ0v) is 22.8. The minimum Gasteiger partial charge on any atom is -0.377 e. The Morgan fingerprint density at radius 3 is 2.49 bits per heavy atom. The number of rotatable bonds is 7. The van der Waals surface area contributed by atoms with Crippen LogP contribution in [0.2, 0.25) is 0 Å². The molecule has 41 heavy (non-hydrogen) atoms. The molecule has 2 amide bonds. The van der Waals surface area contributed by atoms with Gasteiger partial charge in [0.15, 0.2) is 15.7 Å². The lowest BCUT2D eigenvalue weighted by Crippen LogP contribution is -2.44. The Labute approximate surface area is 234 Å². The molecule has 2 heterocycles. The van der Waals surface area contributed by atoms with E-state index in [9.17, 15) is 26.4 Å². The van der Waals surface area contributed by atoms with E-state index in [2.05, 4.69) is 15.6 Å². The Hall–Kier alpha value is -3.75. The molecule has 5 rings (SSSR count). The molecule has 14 heteroatoms. The number of carbonyl (C=O) groups is 1. The molecular formula is C27H28F3N5O5S. The number of amides is 2. The third-order valence-corrected chi connectivity index (χ3v) is 9.76. The van der Waals surface area contributed by atoms with Crippen molar-refractivity contribution in [2.75, 3.05) is 36.7 Å². The van der Waals surface area contributed by atoms with Gasteiger partial charge < -0.3 is 25.4 Å². The third kappa shape index (κ3) is 5.59. The van der Waals surface area contributed by atoms with Crippen molar-refractivity contribution in [1.82, 2.24) is 15.3 Å². The summed E-state index contributed by atoms with van der Waals surface area (Å²) in [6, 6.07) is 11.5. The monoisotopic (exact) mass is 591 g/mol. The number of benzene rings is 2. The van der Waals surface area contributed by atoms with Gasteiger partial charge in [0.05, 0.1) is 35.4 Å². The summed E-state index contributed by atoms with van der Waals surface area (Å²) in [6.07, 6.45) is -4.63. The van der Waals surface area contributed by atoms with Gasteiger partial charge in [0.1, 0.15) is 17.3 Å². The number of aliphatic hydroxyl groups is 1. The van der Waals surface area contributed by atoms with Crippen molar-refractivity contribution in [1.29, 1.82) is 0 Å². The number of morpholine rings is 1. The molecule has 0 bridgehead atoms. The molecular weight excluding hydrogens is 563 g/mol. The van der Waals surface area contributed by atoms with Gasteiger partial charge in [-0.25, -0.2) is 23.2 Å². The predicted octanol–water partition coefficient (Wildman–Crippen LogP) is 3.92. The molecule has 1 aliphatic heterocycles. The molecule has 2 aliphatic rings. The molecule has 1 saturated carbocycles. The largest absolute Gasteiger partial charge is 0.417 e. The van der Waals surface area contributed by atoms with E-state index in [-0.39, 0.29) is 30.4 Å². The number of hydrogen-bond donors (Lipinski definition) is 3. The summed E-state index contributed by atoms with van der Waals surface area (Å²) in [5, 5.41) is 13.6. The van der Waals surface area contributed by atoms with E-state index >= 15 is 0 Å². The molecule has 2 fully saturated rings. The molecule has 10 nitrogen and oxygen atoms in total. The lowest BCUT2D eigenvalue weighted by Gasteiger charge is -2.35. The number of nitrogens with zero attached hydrogens (tertiary/aromatic N) is 3. The summed E-state index contributed by atoms with van der Waals surface area (Å²) in [7, 11) is -4.51. The highest BCUT2D eigenvalue weighted by molar-refractivity contribution is 7.92. The summed E-state index contributed by atoms with van der Waals surface area (Å²) < 4.78 is 73.2. The fourth-order valence-electron chi connectivity index (χ4n) is 4.88.